The Balaban J connectivity index is 2.35. The second-order valence-electron chi connectivity index (χ2n) is 4.99. The molecule has 0 heterocycles. The van der Waals surface area contributed by atoms with Crippen LogP contribution in [0.25, 0.3) is 0 Å². The fraction of sp³-hybridized carbons (Fsp3) is 0.500. The molecule has 1 saturated carbocycles. The number of carboxylic acid groups (broad SMARTS) is 1. The molecule has 0 amide bonds. The number of aliphatic hydroxyl groups excluding tert-OH is 1. The fourth-order valence-electron chi connectivity index (χ4n) is 2.86. The van der Waals surface area contributed by atoms with Crippen LogP contribution < -0.4 is 4.74 Å². The average Bonchev–Trinajstić information content (AvgIpc) is 2.90. The van der Waals surface area contributed by atoms with E-state index in [-0.39, 0.29) is 16.1 Å². The number of carboxylic acids is 1. The lowest BCUT2D eigenvalue weighted by Crippen LogP contribution is -2.24. The van der Waals surface area contributed by atoms with Crippen molar-refractivity contribution < 1.29 is 24.1 Å². The molecule has 110 valence electrons. The minimum atomic E-state index is -0.981. The molecule has 4 nitrogen and oxygen atoms in total. The standard InChI is InChI=1S/C14H16BrFO4/c1-20-12-6-11(16)10(15)5-9(12)13(17)7-3-2-4-8(7)14(18)19/h5-8,13,17H,2-4H2,1H3,(H,18,19). The molecular weight excluding hydrogens is 331 g/mol. The number of ether oxygens (including phenoxy) is 1. The molecule has 1 fully saturated rings. The van der Waals surface area contributed by atoms with E-state index in [4.69, 9.17) is 4.74 Å². The van der Waals surface area contributed by atoms with Crippen molar-refractivity contribution in [3.8, 4) is 5.75 Å². The molecule has 6 heteroatoms. The van der Waals surface area contributed by atoms with E-state index in [1.807, 2.05) is 0 Å². The van der Waals surface area contributed by atoms with Gasteiger partial charge >= 0.3 is 5.97 Å². The smallest absolute Gasteiger partial charge is 0.306 e. The minimum Gasteiger partial charge on any atom is -0.496 e. The van der Waals surface area contributed by atoms with Gasteiger partial charge in [0.25, 0.3) is 0 Å². The molecule has 2 N–H and O–H groups in total. The Morgan fingerprint density at radius 2 is 2.20 bits per heavy atom. The highest BCUT2D eigenvalue weighted by Gasteiger charge is 2.39. The van der Waals surface area contributed by atoms with E-state index in [9.17, 15) is 19.4 Å². The van der Waals surface area contributed by atoms with Crippen LogP contribution >= 0.6 is 15.9 Å². The molecule has 0 aliphatic heterocycles. The molecule has 3 atom stereocenters. The SMILES string of the molecule is COc1cc(F)c(Br)cc1C(O)C1CCCC1C(=O)O. The van der Waals surface area contributed by atoms with Crippen LogP contribution in [-0.4, -0.2) is 23.3 Å². The summed E-state index contributed by atoms with van der Waals surface area (Å²) in [5.74, 6) is -2.10. The van der Waals surface area contributed by atoms with Gasteiger partial charge in [-0.2, -0.15) is 0 Å². The lowest BCUT2D eigenvalue weighted by atomic mass is 9.86. The Morgan fingerprint density at radius 3 is 2.80 bits per heavy atom. The zero-order valence-electron chi connectivity index (χ0n) is 11.0. The second kappa shape index (κ2) is 6.10. The second-order valence-corrected chi connectivity index (χ2v) is 5.85. The molecule has 20 heavy (non-hydrogen) atoms. The molecule has 1 aromatic carbocycles. The first-order valence-electron chi connectivity index (χ1n) is 6.39. The van der Waals surface area contributed by atoms with E-state index in [0.29, 0.717) is 18.4 Å². The third kappa shape index (κ3) is 2.81. The maximum absolute atomic E-state index is 13.5. The van der Waals surface area contributed by atoms with Gasteiger partial charge in [-0.15, -0.1) is 0 Å². The lowest BCUT2D eigenvalue weighted by molar-refractivity contribution is -0.144. The minimum absolute atomic E-state index is 0.220. The fourth-order valence-corrected chi connectivity index (χ4v) is 3.22. The molecule has 2 rings (SSSR count). The van der Waals surface area contributed by atoms with Gasteiger partial charge in [0.1, 0.15) is 11.6 Å². The van der Waals surface area contributed by atoms with Crippen molar-refractivity contribution in [2.75, 3.05) is 7.11 Å². The summed E-state index contributed by atoms with van der Waals surface area (Å²) in [6, 6.07) is 2.64. The summed E-state index contributed by atoms with van der Waals surface area (Å²) in [6.45, 7) is 0. The van der Waals surface area contributed by atoms with Gasteiger partial charge in [-0.3, -0.25) is 4.79 Å². The number of benzene rings is 1. The van der Waals surface area contributed by atoms with Crippen LogP contribution in [-0.2, 0) is 4.79 Å². The zero-order chi connectivity index (χ0) is 14.9. The number of halogens is 2. The van der Waals surface area contributed by atoms with E-state index in [1.165, 1.54) is 19.2 Å². The summed E-state index contributed by atoms with van der Waals surface area (Å²) in [5.41, 5.74) is 0.416. The summed E-state index contributed by atoms with van der Waals surface area (Å²) in [7, 11) is 1.39. The van der Waals surface area contributed by atoms with Crippen molar-refractivity contribution in [2.45, 2.75) is 25.4 Å². The van der Waals surface area contributed by atoms with Gasteiger partial charge in [-0.25, -0.2) is 4.39 Å². The van der Waals surface area contributed by atoms with Crippen LogP contribution in [0.15, 0.2) is 16.6 Å². The van der Waals surface area contributed by atoms with Gasteiger partial charge in [0.05, 0.1) is 23.6 Å². The van der Waals surface area contributed by atoms with E-state index >= 15 is 0 Å². The third-order valence-corrected chi connectivity index (χ3v) is 4.49. The molecule has 0 bridgehead atoms. The van der Waals surface area contributed by atoms with Crippen LogP contribution in [0.4, 0.5) is 4.39 Å². The number of rotatable bonds is 4. The van der Waals surface area contributed by atoms with E-state index in [0.717, 1.165) is 6.42 Å². The van der Waals surface area contributed by atoms with Crippen molar-refractivity contribution in [1.82, 2.24) is 0 Å². The highest BCUT2D eigenvalue weighted by atomic mass is 79.9. The normalized spacial score (nSPS) is 23.6. The first-order valence-corrected chi connectivity index (χ1v) is 7.18. The molecule has 0 saturated heterocycles. The van der Waals surface area contributed by atoms with Crippen LogP contribution in [0.5, 0.6) is 5.75 Å². The summed E-state index contributed by atoms with van der Waals surface area (Å²) in [6.07, 6.45) is 0.979. The monoisotopic (exact) mass is 346 g/mol. The van der Waals surface area contributed by atoms with Crippen LogP contribution in [0.3, 0.4) is 0 Å². The van der Waals surface area contributed by atoms with Crippen LogP contribution in [0.1, 0.15) is 30.9 Å². The Labute approximate surface area is 124 Å². The van der Waals surface area contributed by atoms with Gasteiger partial charge < -0.3 is 14.9 Å². The van der Waals surface area contributed by atoms with E-state index < -0.39 is 23.8 Å². The number of hydrogen-bond donors (Lipinski definition) is 2. The molecule has 0 spiro atoms. The van der Waals surface area contributed by atoms with E-state index in [1.54, 1.807) is 0 Å². The van der Waals surface area contributed by atoms with Gasteiger partial charge in [0.15, 0.2) is 0 Å². The quantitative estimate of drug-likeness (QED) is 0.878. The van der Waals surface area contributed by atoms with Crippen molar-refractivity contribution in [3.63, 3.8) is 0 Å². The zero-order valence-corrected chi connectivity index (χ0v) is 12.6. The molecule has 0 radical (unpaired) electrons. The highest BCUT2D eigenvalue weighted by Crippen LogP contribution is 2.43. The number of hydrogen-bond acceptors (Lipinski definition) is 3. The average molecular weight is 347 g/mol. The maximum atomic E-state index is 13.5. The Morgan fingerprint density at radius 1 is 1.50 bits per heavy atom. The predicted octanol–water partition coefficient (Wildman–Crippen LogP) is 3.13. The number of carbonyl (C=O) groups is 1. The Kier molecular flexibility index (Phi) is 4.65. The number of aliphatic carboxylic acids is 1. The topological polar surface area (TPSA) is 66.8 Å². The van der Waals surface area contributed by atoms with Crippen molar-refractivity contribution in [2.24, 2.45) is 11.8 Å². The van der Waals surface area contributed by atoms with E-state index in [2.05, 4.69) is 15.9 Å². The van der Waals surface area contributed by atoms with Gasteiger partial charge in [0.2, 0.25) is 0 Å². The molecule has 3 unspecified atom stereocenters. The highest BCUT2D eigenvalue weighted by molar-refractivity contribution is 9.10. The van der Waals surface area contributed by atoms with Gasteiger partial charge in [-0.05, 0) is 34.8 Å². The summed E-state index contributed by atoms with van der Waals surface area (Å²) < 4.78 is 18.8. The predicted molar refractivity (Wildman–Crippen MR) is 74.1 cm³/mol. The maximum Gasteiger partial charge on any atom is 0.306 e. The van der Waals surface area contributed by atoms with Gasteiger partial charge in [0, 0.05) is 17.5 Å². The Bertz CT molecular complexity index is 520. The van der Waals surface area contributed by atoms with Crippen LogP contribution in [0.2, 0.25) is 0 Å². The summed E-state index contributed by atoms with van der Waals surface area (Å²) in [4.78, 5) is 11.2. The first kappa shape index (κ1) is 15.3. The largest absolute Gasteiger partial charge is 0.496 e. The van der Waals surface area contributed by atoms with Crippen LogP contribution in [0, 0.1) is 17.7 Å². The first-order chi connectivity index (χ1) is 9.45. The molecule has 1 aromatic rings. The van der Waals surface area contributed by atoms with Crippen molar-refractivity contribution >= 4 is 21.9 Å². The Hall–Kier alpha value is -1.14. The number of methoxy groups -OCH3 is 1. The summed E-state index contributed by atoms with van der Waals surface area (Å²) >= 11 is 3.07. The molecule has 1 aliphatic rings. The van der Waals surface area contributed by atoms with Gasteiger partial charge in [-0.1, -0.05) is 6.42 Å². The third-order valence-electron chi connectivity index (χ3n) is 3.88. The number of aliphatic hydroxyl groups is 1. The lowest BCUT2D eigenvalue weighted by Gasteiger charge is -2.24. The van der Waals surface area contributed by atoms with Crippen molar-refractivity contribution in [3.05, 3.63) is 28.0 Å². The molecule has 0 aromatic heterocycles. The van der Waals surface area contributed by atoms with Crippen molar-refractivity contribution in [1.29, 1.82) is 0 Å². The molecule has 1 aliphatic carbocycles. The molecular formula is C14H16BrFO4. The summed E-state index contributed by atoms with van der Waals surface area (Å²) in [5, 5.41) is 19.7.